The summed E-state index contributed by atoms with van der Waals surface area (Å²) < 4.78 is 1.77. The zero-order chi connectivity index (χ0) is 13.8. The first-order valence-corrected chi connectivity index (χ1v) is 8.39. The highest BCUT2D eigenvalue weighted by atomic mass is 79.9. The Hall–Kier alpha value is -0.0600. The molecule has 0 aliphatic heterocycles. The van der Waals surface area contributed by atoms with Crippen molar-refractivity contribution in [3.8, 4) is 0 Å². The molecule has 2 aromatic rings. The average molecular weight is 379 g/mol. The predicted octanol–water partition coefficient (Wildman–Crippen LogP) is 5.71. The van der Waals surface area contributed by atoms with Gasteiger partial charge in [-0.25, -0.2) is 0 Å². The van der Waals surface area contributed by atoms with Gasteiger partial charge in [0.1, 0.15) is 4.34 Å². The molecule has 0 amide bonds. The molecule has 0 aliphatic rings. The number of hydrogen-bond acceptors (Lipinski definition) is 2. The van der Waals surface area contributed by atoms with Gasteiger partial charge in [0.05, 0.1) is 0 Å². The number of hydrogen-bond donors (Lipinski definition) is 1. The number of halogens is 3. The Bertz CT molecular complexity index is 519. The molecule has 1 heterocycles. The van der Waals surface area contributed by atoms with Crippen molar-refractivity contribution >= 4 is 50.5 Å². The van der Waals surface area contributed by atoms with Gasteiger partial charge in [-0.05, 0) is 52.7 Å². The molecular weight excluding hydrogens is 365 g/mol. The predicted molar refractivity (Wildman–Crippen MR) is 88.6 cm³/mol. The molecule has 0 saturated carbocycles. The first-order valence-electron chi connectivity index (χ1n) is 6.02. The standard InChI is InChI=1S/C14H14BrCl2NS/c1-2-18-12(13-8-11(15)14(17)19-13)7-9-3-5-10(16)6-4-9/h3-6,8,12,18H,2,7H2,1H3. The highest BCUT2D eigenvalue weighted by molar-refractivity contribution is 9.10. The zero-order valence-corrected chi connectivity index (χ0v) is 14.3. The maximum absolute atomic E-state index is 6.12. The van der Waals surface area contributed by atoms with Crippen LogP contribution in [0.1, 0.15) is 23.4 Å². The molecule has 1 aromatic carbocycles. The van der Waals surface area contributed by atoms with Crippen molar-refractivity contribution in [2.24, 2.45) is 0 Å². The molecule has 0 fully saturated rings. The van der Waals surface area contributed by atoms with Crippen LogP contribution in [0.3, 0.4) is 0 Å². The molecule has 1 atom stereocenters. The molecule has 0 spiro atoms. The van der Waals surface area contributed by atoms with E-state index in [1.807, 2.05) is 12.1 Å². The van der Waals surface area contributed by atoms with Crippen LogP contribution in [0.2, 0.25) is 9.36 Å². The summed E-state index contributed by atoms with van der Waals surface area (Å²) in [6, 6.07) is 10.4. The molecular formula is C14H14BrCl2NS. The molecule has 0 aliphatic carbocycles. The SMILES string of the molecule is CCNC(Cc1ccc(Cl)cc1)c1cc(Br)c(Cl)s1. The Labute approximate surface area is 136 Å². The van der Waals surface area contributed by atoms with Crippen molar-refractivity contribution in [2.45, 2.75) is 19.4 Å². The largest absolute Gasteiger partial charge is 0.309 e. The van der Waals surface area contributed by atoms with Gasteiger partial charge in [-0.1, -0.05) is 42.3 Å². The molecule has 19 heavy (non-hydrogen) atoms. The molecule has 0 saturated heterocycles. The summed E-state index contributed by atoms with van der Waals surface area (Å²) in [7, 11) is 0. The molecule has 1 nitrogen and oxygen atoms in total. The van der Waals surface area contributed by atoms with E-state index in [4.69, 9.17) is 23.2 Å². The molecule has 1 aromatic heterocycles. The van der Waals surface area contributed by atoms with Gasteiger partial charge >= 0.3 is 0 Å². The van der Waals surface area contributed by atoms with Crippen molar-refractivity contribution in [1.82, 2.24) is 5.32 Å². The van der Waals surface area contributed by atoms with Crippen LogP contribution in [-0.4, -0.2) is 6.54 Å². The van der Waals surface area contributed by atoms with Gasteiger partial charge in [-0.3, -0.25) is 0 Å². The fourth-order valence-electron chi connectivity index (χ4n) is 1.91. The summed E-state index contributed by atoms with van der Waals surface area (Å²) in [5, 5.41) is 4.27. The zero-order valence-electron chi connectivity index (χ0n) is 10.4. The van der Waals surface area contributed by atoms with E-state index in [9.17, 15) is 0 Å². The van der Waals surface area contributed by atoms with E-state index < -0.39 is 0 Å². The number of nitrogens with one attached hydrogen (secondary N) is 1. The summed E-state index contributed by atoms with van der Waals surface area (Å²) in [6.45, 7) is 3.03. The smallest absolute Gasteiger partial charge is 0.107 e. The first-order chi connectivity index (χ1) is 9.10. The summed E-state index contributed by atoms with van der Waals surface area (Å²) in [6.07, 6.45) is 0.925. The van der Waals surface area contributed by atoms with Crippen LogP contribution in [-0.2, 0) is 6.42 Å². The number of thiophene rings is 1. The molecule has 0 radical (unpaired) electrons. The third-order valence-electron chi connectivity index (χ3n) is 2.81. The second-order valence-corrected chi connectivity index (χ2v) is 7.19. The third kappa shape index (κ3) is 4.20. The van der Waals surface area contributed by atoms with Crippen molar-refractivity contribution in [3.05, 3.63) is 54.6 Å². The van der Waals surface area contributed by atoms with Crippen LogP contribution in [0.25, 0.3) is 0 Å². The second kappa shape index (κ2) is 7.09. The monoisotopic (exact) mass is 377 g/mol. The van der Waals surface area contributed by atoms with E-state index in [0.717, 1.165) is 26.8 Å². The normalized spacial score (nSPS) is 12.6. The third-order valence-corrected chi connectivity index (χ3v) is 5.65. The fourth-order valence-corrected chi connectivity index (χ4v) is 3.85. The van der Waals surface area contributed by atoms with Crippen molar-refractivity contribution < 1.29 is 0 Å². The lowest BCUT2D eigenvalue weighted by Crippen LogP contribution is -2.22. The van der Waals surface area contributed by atoms with Crippen molar-refractivity contribution in [3.63, 3.8) is 0 Å². The Morgan fingerprint density at radius 2 is 1.95 bits per heavy atom. The van der Waals surface area contributed by atoms with E-state index in [2.05, 4.69) is 46.4 Å². The topological polar surface area (TPSA) is 12.0 Å². The summed E-state index contributed by atoms with van der Waals surface area (Å²) in [5.74, 6) is 0. The van der Waals surface area contributed by atoms with Gasteiger partial charge in [-0.2, -0.15) is 0 Å². The van der Waals surface area contributed by atoms with E-state index >= 15 is 0 Å². The maximum Gasteiger partial charge on any atom is 0.107 e. The lowest BCUT2D eigenvalue weighted by molar-refractivity contribution is 0.558. The molecule has 1 N–H and O–H groups in total. The van der Waals surface area contributed by atoms with Gasteiger partial charge in [0.2, 0.25) is 0 Å². The lowest BCUT2D eigenvalue weighted by Gasteiger charge is -2.16. The minimum atomic E-state index is 0.278. The van der Waals surface area contributed by atoms with E-state index in [0.29, 0.717) is 0 Å². The molecule has 1 unspecified atom stereocenters. The van der Waals surface area contributed by atoms with Crippen LogP contribution in [0.4, 0.5) is 0 Å². The lowest BCUT2D eigenvalue weighted by atomic mass is 10.0. The Morgan fingerprint density at radius 3 is 2.47 bits per heavy atom. The Balaban J connectivity index is 2.18. The molecule has 5 heteroatoms. The number of rotatable bonds is 5. The van der Waals surface area contributed by atoms with Gasteiger partial charge in [0, 0.05) is 20.4 Å². The summed E-state index contributed by atoms with van der Waals surface area (Å²) >= 11 is 17.1. The number of benzene rings is 1. The molecule has 102 valence electrons. The average Bonchev–Trinajstić information content (AvgIpc) is 2.72. The van der Waals surface area contributed by atoms with E-state index in [-0.39, 0.29) is 6.04 Å². The van der Waals surface area contributed by atoms with Crippen molar-refractivity contribution in [1.29, 1.82) is 0 Å². The Kier molecular flexibility index (Phi) is 5.72. The fraction of sp³-hybridized carbons (Fsp3) is 0.286. The van der Waals surface area contributed by atoms with Crippen LogP contribution >= 0.6 is 50.5 Å². The van der Waals surface area contributed by atoms with Crippen LogP contribution in [0, 0.1) is 0 Å². The Morgan fingerprint density at radius 1 is 1.26 bits per heavy atom. The minimum Gasteiger partial charge on any atom is -0.309 e. The quantitative estimate of drug-likeness (QED) is 0.702. The summed E-state index contributed by atoms with van der Waals surface area (Å²) in [5.41, 5.74) is 1.26. The summed E-state index contributed by atoms with van der Waals surface area (Å²) in [4.78, 5) is 1.24. The highest BCUT2D eigenvalue weighted by Crippen LogP contribution is 2.36. The second-order valence-electron chi connectivity index (χ2n) is 4.21. The maximum atomic E-state index is 6.12. The highest BCUT2D eigenvalue weighted by Gasteiger charge is 2.15. The van der Waals surface area contributed by atoms with Gasteiger partial charge < -0.3 is 5.32 Å². The van der Waals surface area contributed by atoms with Gasteiger partial charge in [-0.15, -0.1) is 11.3 Å². The molecule has 2 rings (SSSR count). The van der Waals surface area contributed by atoms with E-state index in [1.165, 1.54) is 10.4 Å². The number of likely N-dealkylation sites (N-methyl/N-ethyl adjacent to an activating group) is 1. The van der Waals surface area contributed by atoms with Crippen LogP contribution < -0.4 is 5.32 Å². The van der Waals surface area contributed by atoms with Crippen molar-refractivity contribution in [2.75, 3.05) is 6.54 Å². The van der Waals surface area contributed by atoms with Gasteiger partial charge in [0.15, 0.2) is 0 Å². The first kappa shape index (κ1) is 15.3. The van der Waals surface area contributed by atoms with Crippen LogP contribution in [0.15, 0.2) is 34.8 Å². The van der Waals surface area contributed by atoms with Gasteiger partial charge in [0.25, 0.3) is 0 Å². The van der Waals surface area contributed by atoms with E-state index in [1.54, 1.807) is 11.3 Å². The minimum absolute atomic E-state index is 0.278. The molecule has 0 bridgehead atoms. The van der Waals surface area contributed by atoms with Crippen LogP contribution in [0.5, 0.6) is 0 Å².